The Bertz CT molecular complexity index is 2310. The highest BCUT2D eigenvalue weighted by Gasteiger charge is 2.45. The standard InChI is InChI=1S/C38H43N11O11/c1-56-28-18-23-25(19-29(28)57-2)41-38(43-33(23)39)47-10-8-46(9-11-47)36(54)26-20-48(45-44-26)12-13-58-14-15-59-16-17-60-21-31(51)40-24-5-3-4-22-32(24)37(55)49(35(22)53)27-6-7-30(50)42-34(27)52/h3-5,18-20,27H,6-17,21H2,1-2H3,(H,40,51)(H2,39,41,43)(H,42,50,52). The van der Waals surface area contributed by atoms with Crippen LogP contribution in [0.1, 0.15) is 44.0 Å². The minimum absolute atomic E-state index is 0.00405. The van der Waals surface area contributed by atoms with Crippen molar-refractivity contribution in [1.29, 1.82) is 0 Å². The van der Waals surface area contributed by atoms with Crippen LogP contribution in [0.5, 0.6) is 11.5 Å². The number of nitrogen functional groups attached to an aromatic ring is 1. The largest absolute Gasteiger partial charge is 0.493 e. The van der Waals surface area contributed by atoms with E-state index in [2.05, 4.69) is 30.9 Å². The molecule has 6 amide bonds. The molecule has 0 spiro atoms. The van der Waals surface area contributed by atoms with Crippen LogP contribution in [0.4, 0.5) is 17.5 Å². The first-order valence-corrected chi connectivity index (χ1v) is 19.1. The van der Waals surface area contributed by atoms with Gasteiger partial charge in [0, 0.05) is 44.1 Å². The maximum absolute atomic E-state index is 13.2. The minimum atomic E-state index is -1.12. The van der Waals surface area contributed by atoms with Gasteiger partial charge >= 0.3 is 0 Å². The minimum Gasteiger partial charge on any atom is -0.493 e. The Labute approximate surface area is 342 Å². The summed E-state index contributed by atoms with van der Waals surface area (Å²) in [6.45, 7) is 2.98. The fourth-order valence-corrected chi connectivity index (χ4v) is 6.95. The number of hydrogen-bond acceptors (Lipinski definition) is 17. The van der Waals surface area contributed by atoms with Crippen molar-refractivity contribution in [3.63, 3.8) is 0 Å². The lowest BCUT2D eigenvalue weighted by Crippen LogP contribution is -2.54. The van der Waals surface area contributed by atoms with Gasteiger partial charge in [-0.25, -0.2) is 9.67 Å². The zero-order chi connectivity index (χ0) is 42.3. The Kier molecular flexibility index (Phi) is 12.7. The van der Waals surface area contributed by atoms with Gasteiger partial charge in [-0.1, -0.05) is 11.3 Å². The lowest BCUT2D eigenvalue weighted by Gasteiger charge is -2.34. The van der Waals surface area contributed by atoms with E-state index in [9.17, 15) is 28.8 Å². The normalized spacial score (nSPS) is 16.6. The fourth-order valence-electron chi connectivity index (χ4n) is 6.95. The molecule has 22 heteroatoms. The molecular formula is C38H43N11O11. The molecule has 22 nitrogen and oxygen atoms in total. The molecule has 5 heterocycles. The molecule has 60 heavy (non-hydrogen) atoms. The van der Waals surface area contributed by atoms with Gasteiger partial charge in [0.05, 0.1) is 82.3 Å². The molecule has 1 unspecified atom stereocenters. The van der Waals surface area contributed by atoms with Gasteiger partial charge < -0.3 is 44.5 Å². The second-order valence-electron chi connectivity index (χ2n) is 13.8. The lowest BCUT2D eigenvalue weighted by atomic mass is 10.0. The number of amides is 6. The van der Waals surface area contributed by atoms with Crippen molar-refractivity contribution in [2.75, 3.05) is 96.0 Å². The van der Waals surface area contributed by atoms with Crippen LogP contribution in [-0.2, 0) is 35.1 Å². The number of anilines is 3. The average Bonchev–Trinajstić information content (AvgIpc) is 3.82. The highest BCUT2D eigenvalue weighted by molar-refractivity contribution is 6.26. The highest BCUT2D eigenvalue weighted by Crippen LogP contribution is 2.35. The third kappa shape index (κ3) is 8.94. The number of fused-ring (bicyclic) bond motifs is 2. The summed E-state index contributed by atoms with van der Waals surface area (Å²) in [5.74, 6) is -1.57. The number of nitrogens with zero attached hydrogens (tertiary/aromatic N) is 8. The van der Waals surface area contributed by atoms with E-state index in [-0.39, 0.29) is 74.3 Å². The second-order valence-corrected chi connectivity index (χ2v) is 13.8. The number of carbonyl (C=O) groups is 6. The summed E-state index contributed by atoms with van der Waals surface area (Å²) in [7, 11) is 3.09. The first kappa shape index (κ1) is 41.4. The third-order valence-corrected chi connectivity index (χ3v) is 10.0. The maximum Gasteiger partial charge on any atom is 0.276 e. The van der Waals surface area contributed by atoms with Crippen LogP contribution in [0.3, 0.4) is 0 Å². The molecule has 0 radical (unpaired) electrons. The van der Waals surface area contributed by atoms with Gasteiger partial charge in [-0.3, -0.25) is 39.0 Å². The number of hydrogen-bond donors (Lipinski definition) is 3. The molecule has 4 N–H and O–H groups in total. The van der Waals surface area contributed by atoms with E-state index >= 15 is 0 Å². The van der Waals surface area contributed by atoms with E-state index in [1.54, 1.807) is 37.4 Å². The molecule has 2 aromatic heterocycles. The Morgan fingerprint density at radius 2 is 1.62 bits per heavy atom. The van der Waals surface area contributed by atoms with Crippen LogP contribution >= 0.6 is 0 Å². The number of carbonyl (C=O) groups excluding carboxylic acids is 6. The smallest absolute Gasteiger partial charge is 0.276 e. The summed E-state index contributed by atoms with van der Waals surface area (Å²) in [4.78, 5) is 89.6. The quantitative estimate of drug-likeness (QED) is 0.0925. The van der Waals surface area contributed by atoms with E-state index in [0.717, 1.165) is 4.90 Å². The molecule has 2 aromatic carbocycles. The van der Waals surface area contributed by atoms with Crippen molar-refractivity contribution < 1.29 is 52.5 Å². The zero-order valence-electron chi connectivity index (χ0n) is 32.9. The van der Waals surface area contributed by atoms with Gasteiger partial charge in [0.25, 0.3) is 17.7 Å². The number of piperazine rings is 1. The summed E-state index contributed by atoms with van der Waals surface area (Å²) in [5, 5.41) is 13.5. The number of benzene rings is 2. The molecule has 0 aliphatic carbocycles. The number of nitrogens with two attached hydrogens (primary N) is 1. The van der Waals surface area contributed by atoms with Crippen LogP contribution in [0, 0.1) is 0 Å². The van der Waals surface area contributed by atoms with Gasteiger partial charge in [-0.15, -0.1) is 5.10 Å². The molecule has 7 rings (SSSR count). The summed E-state index contributed by atoms with van der Waals surface area (Å²) in [6.07, 6.45) is 1.59. The monoisotopic (exact) mass is 829 g/mol. The fraction of sp³-hybridized carbons (Fsp3) is 0.421. The predicted octanol–water partition coefficient (Wildman–Crippen LogP) is -0.127. The summed E-state index contributed by atoms with van der Waals surface area (Å²) in [6, 6.07) is 6.80. The van der Waals surface area contributed by atoms with Gasteiger partial charge in [0.1, 0.15) is 18.5 Å². The van der Waals surface area contributed by atoms with Crippen molar-refractivity contribution in [1.82, 2.24) is 40.1 Å². The van der Waals surface area contributed by atoms with Gasteiger partial charge in [0.15, 0.2) is 17.2 Å². The van der Waals surface area contributed by atoms with Crippen molar-refractivity contribution in [2.24, 2.45) is 0 Å². The number of rotatable bonds is 17. The van der Waals surface area contributed by atoms with E-state index in [4.69, 9.17) is 29.4 Å². The summed E-state index contributed by atoms with van der Waals surface area (Å²) in [5.41, 5.74) is 7.23. The third-order valence-electron chi connectivity index (χ3n) is 10.0. The molecule has 0 bridgehead atoms. The summed E-state index contributed by atoms with van der Waals surface area (Å²) < 4.78 is 28.8. The molecule has 316 valence electrons. The van der Waals surface area contributed by atoms with Crippen LogP contribution < -0.4 is 30.7 Å². The van der Waals surface area contributed by atoms with Crippen molar-refractivity contribution in [3.05, 3.63) is 53.3 Å². The molecule has 4 aromatic rings. The van der Waals surface area contributed by atoms with E-state index < -0.39 is 35.6 Å². The van der Waals surface area contributed by atoms with E-state index in [0.29, 0.717) is 73.5 Å². The number of methoxy groups -OCH3 is 2. The molecule has 3 aliphatic rings. The summed E-state index contributed by atoms with van der Waals surface area (Å²) >= 11 is 0. The SMILES string of the molecule is COc1cc2nc(N3CCN(C(=O)c4cn(CCOCCOCCOCC(=O)Nc5cccc6c5C(=O)N(C5CCC(=O)NC5=O)C6=O)nn4)CC3)nc(N)c2cc1OC. The molecule has 3 aliphatic heterocycles. The second kappa shape index (κ2) is 18.4. The molecular weight excluding hydrogens is 786 g/mol. The molecule has 1 atom stereocenters. The van der Waals surface area contributed by atoms with Gasteiger partial charge in [-0.2, -0.15) is 4.98 Å². The van der Waals surface area contributed by atoms with Crippen LogP contribution in [0.25, 0.3) is 10.9 Å². The molecule has 0 saturated carbocycles. The topological polar surface area (TPSA) is 265 Å². The molecule has 2 fully saturated rings. The van der Waals surface area contributed by atoms with Crippen molar-refractivity contribution in [3.8, 4) is 11.5 Å². The van der Waals surface area contributed by atoms with E-state index in [1.165, 1.54) is 22.9 Å². The number of piperidine rings is 1. The maximum atomic E-state index is 13.2. The zero-order valence-corrected chi connectivity index (χ0v) is 32.9. The van der Waals surface area contributed by atoms with Crippen LogP contribution in [0.2, 0.25) is 0 Å². The van der Waals surface area contributed by atoms with E-state index in [1.807, 2.05) is 4.90 Å². The van der Waals surface area contributed by atoms with Gasteiger partial charge in [0.2, 0.25) is 23.7 Å². The Morgan fingerprint density at radius 3 is 2.35 bits per heavy atom. The number of ether oxygens (including phenoxy) is 5. The van der Waals surface area contributed by atoms with Crippen molar-refractivity contribution >= 4 is 63.8 Å². The Hall–Kier alpha value is -6.78. The number of imide groups is 2. The Morgan fingerprint density at radius 1 is 0.900 bits per heavy atom. The number of nitrogens with one attached hydrogen (secondary N) is 2. The highest BCUT2D eigenvalue weighted by atomic mass is 16.5. The van der Waals surface area contributed by atoms with Crippen molar-refractivity contribution in [2.45, 2.75) is 25.4 Å². The number of aromatic nitrogens is 5. The van der Waals surface area contributed by atoms with Gasteiger partial charge in [-0.05, 0) is 24.6 Å². The first-order chi connectivity index (χ1) is 29.1. The average molecular weight is 830 g/mol. The first-order valence-electron chi connectivity index (χ1n) is 19.1. The molecule has 2 saturated heterocycles. The lowest BCUT2D eigenvalue weighted by molar-refractivity contribution is -0.136. The van der Waals surface area contributed by atoms with Crippen LogP contribution in [-0.4, -0.2) is 156 Å². The van der Waals surface area contributed by atoms with Crippen LogP contribution in [0.15, 0.2) is 36.5 Å². The predicted molar refractivity (Wildman–Crippen MR) is 209 cm³/mol. The Balaban J connectivity index is 0.762.